The molecule has 5 nitrogen and oxygen atoms in total. The highest BCUT2D eigenvalue weighted by atomic mass is 19.1. The van der Waals surface area contributed by atoms with Crippen LogP contribution in [-0.4, -0.2) is 42.6 Å². The number of methoxy groups -OCH3 is 1. The average Bonchev–Trinajstić information content (AvgIpc) is 3.24. The number of aromatic hydroxyl groups is 1. The molecule has 0 amide bonds. The molecular weight excluding hydrogens is 361 g/mol. The Morgan fingerprint density at radius 3 is 2.43 bits per heavy atom. The summed E-state index contributed by atoms with van der Waals surface area (Å²) in [5.41, 5.74) is 0.888. The maximum atomic E-state index is 14.0. The number of nitrogens with zero attached hydrogens (tertiary/aromatic N) is 1. The highest BCUT2D eigenvalue weighted by Gasteiger charge is 2.44. The van der Waals surface area contributed by atoms with E-state index >= 15 is 0 Å². The summed E-state index contributed by atoms with van der Waals surface area (Å²) in [5.74, 6) is 1.47. The van der Waals surface area contributed by atoms with Gasteiger partial charge in [0.15, 0.2) is 11.6 Å². The van der Waals surface area contributed by atoms with E-state index in [0.29, 0.717) is 17.6 Å². The maximum Gasteiger partial charge on any atom is 0.165 e. The van der Waals surface area contributed by atoms with Gasteiger partial charge in [0.1, 0.15) is 17.8 Å². The molecule has 0 radical (unpaired) electrons. The van der Waals surface area contributed by atoms with E-state index in [1.165, 1.54) is 6.07 Å². The van der Waals surface area contributed by atoms with Gasteiger partial charge in [0.2, 0.25) is 0 Å². The number of carbonyl (C=O) groups excluding carboxylic acids is 1. The van der Waals surface area contributed by atoms with Crippen LogP contribution in [0.5, 0.6) is 17.2 Å². The topological polar surface area (TPSA) is 59.0 Å². The van der Waals surface area contributed by atoms with E-state index in [-0.39, 0.29) is 29.5 Å². The second kappa shape index (κ2) is 7.80. The minimum Gasteiger partial charge on any atom is -0.508 e. The molecule has 0 spiro atoms. The molecule has 2 aromatic carbocycles. The van der Waals surface area contributed by atoms with Crippen molar-refractivity contribution in [1.29, 1.82) is 0 Å². The molecule has 2 aliphatic rings. The number of likely N-dealkylation sites (tertiary alicyclic amines) is 1. The number of carbonyl (C=O) groups is 1. The van der Waals surface area contributed by atoms with Crippen molar-refractivity contribution in [3.05, 3.63) is 53.8 Å². The molecule has 1 heterocycles. The number of halogens is 1. The van der Waals surface area contributed by atoms with Crippen molar-refractivity contribution in [3.8, 4) is 17.2 Å². The van der Waals surface area contributed by atoms with Crippen molar-refractivity contribution in [3.63, 3.8) is 0 Å². The van der Waals surface area contributed by atoms with Crippen LogP contribution in [0.3, 0.4) is 0 Å². The zero-order valence-electron chi connectivity index (χ0n) is 15.8. The maximum absolute atomic E-state index is 14.0. The molecular formula is C22H24FNO4. The number of rotatable bonds is 6. The van der Waals surface area contributed by atoms with Gasteiger partial charge >= 0.3 is 0 Å². The molecule has 0 aromatic heterocycles. The SMILES string of the molecule is COc1ccc(F)c(OC2C[C@@H]3CN(C(C=O)c4ccc(O)cc4)C[C@@H]3C2)c1. The fraction of sp³-hybridized carbons (Fsp3) is 0.409. The Kier molecular flexibility index (Phi) is 5.22. The van der Waals surface area contributed by atoms with E-state index in [1.807, 2.05) is 0 Å². The van der Waals surface area contributed by atoms with E-state index < -0.39 is 0 Å². The largest absolute Gasteiger partial charge is 0.508 e. The first-order chi connectivity index (χ1) is 13.6. The van der Waals surface area contributed by atoms with Crippen LogP contribution in [0.25, 0.3) is 0 Å². The summed E-state index contributed by atoms with van der Waals surface area (Å²) in [7, 11) is 1.54. The normalized spacial score (nSPS) is 25.3. The first kappa shape index (κ1) is 18.7. The number of phenolic OH excluding ortho intramolecular Hbond substituents is 1. The van der Waals surface area contributed by atoms with Crippen LogP contribution in [0.15, 0.2) is 42.5 Å². The molecule has 2 aromatic rings. The highest BCUT2D eigenvalue weighted by Crippen LogP contribution is 2.42. The number of benzene rings is 2. The summed E-state index contributed by atoms with van der Waals surface area (Å²) in [4.78, 5) is 13.9. The highest BCUT2D eigenvalue weighted by molar-refractivity contribution is 5.61. The predicted molar refractivity (Wildman–Crippen MR) is 102 cm³/mol. The second-order valence-corrected chi connectivity index (χ2v) is 7.65. The zero-order valence-corrected chi connectivity index (χ0v) is 15.8. The minimum atomic E-state index is -0.382. The molecule has 2 fully saturated rings. The van der Waals surface area contributed by atoms with Gasteiger partial charge in [-0.05, 0) is 54.5 Å². The summed E-state index contributed by atoms with van der Waals surface area (Å²) in [6.07, 6.45) is 2.63. The number of hydrogen-bond acceptors (Lipinski definition) is 5. The summed E-state index contributed by atoms with van der Waals surface area (Å²) >= 11 is 0. The number of aldehydes is 1. The lowest BCUT2D eigenvalue weighted by Gasteiger charge is -2.25. The van der Waals surface area contributed by atoms with Gasteiger partial charge < -0.3 is 19.4 Å². The summed E-state index contributed by atoms with van der Waals surface area (Å²) in [6, 6.07) is 11.0. The Labute approximate surface area is 163 Å². The third kappa shape index (κ3) is 3.69. The smallest absolute Gasteiger partial charge is 0.165 e. The third-order valence-corrected chi connectivity index (χ3v) is 5.92. The van der Waals surface area contributed by atoms with Crippen LogP contribution in [0, 0.1) is 17.7 Å². The number of fused-ring (bicyclic) bond motifs is 1. The lowest BCUT2D eigenvalue weighted by molar-refractivity contribution is -0.112. The van der Waals surface area contributed by atoms with Crippen LogP contribution in [0.2, 0.25) is 0 Å². The van der Waals surface area contributed by atoms with Gasteiger partial charge in [0.05, 0.1) is 19.3 Å². The molecule has 28 heavy (non-hydrogen) atoms. The predicted octanol–water partition coefficient (Wildman–Crippen LogP) is 3.57. The van der Waals surface area contributed by atoms with Crippen molar-refractivity contribution in [2.24, 2.45) is 11.8 Å². The fourth-order valence-corrected chi connectivity index (χ4v) is 4.53. The Bertz CT molecular complexity index is 827. The Hall–Kier alpha value is -2.60. The molecule has 148 valence electrons. The summed E-state index contributed by atoms with van der Waals surface area (Å²) < 4.78 is 25.1. The van der Waals surface area contributed by atoms with Gasteiger partial charge in [-0.1, -0.05) is 12.1 Å². The molecule has 4 rings (SSSR count). The summed E-state index contributed by atoms with van der Waals surface area (Å²) in [5, 5.41) is 9.46. The van der Waals surface area contributed by atoms with Crippen molar-refractivity contribution in [2.75, 3.05) is 20.2 Å². The molecule has 1 N–H and O–H groups in total. The third-order valence-electron chi connectivity index (χ3n) is 5.92. The van der Waals surface area contributed by atoms with Crippen LogP contribution < -0.4 is 9.47 Å². The number of hydrogen-bond donors (Lipinski definition) is 1. The van der Waals surface area contributed by atoms with Gasteiger partial charge in [-0.3, -0.25) is 4.90 Å². The number of phenols is 1. The van der Waals surface area contributed by atoms with Crippen molar-refractivity contribution in [2.45, 2.75) is 25.0 Å². The molecule has 1 saturated carbocycles. The summed E-state index contributed by atoms with van der Waals surface area (Å²) in [6.45, 7) is 1.63. The van der Waals surface area contributed by atoms with E-state index in [2.05, 4.69) is 4.90 Å². The van der Waals surface area contributed by atoms with E-state index in [0.717, 1.165) is 37.8 Å². The monoisotopic (exact) mass is 385 g/mol. The van der Waals surface area contributed by atoms with Gasteiger partial charge in [-0.25, -0.2) is 4.39 Å². The molecule has 1 aliphatic carbocycles. The van der Waals surface area contributed by atoms with Crippen LogP contribution in [0.4, 0.5) is 4.39 Å². The second-order valence-electron chi connectivity index (χ2n) is 7.65. The Morgan fingerprint density at radius 1 is 1.14 bits per heavy atom. The van der Waals surface area contributed by atoms with Crippen molar-refractivity contribution < 1.29 is 23.8 Å². The Morgan fingerprint density at radius 2 is 1.82 bits per heavy atom. The fourth-order valence-electron chi connectivity index (χ4n) is 4.53. The standard InChI is InChI=1S/C22H24FNO4/c1-27-18-6-7-20(23)22(10-18)28-19-8-15-11-24(12-16(15)9-19)21(13-25)14-2-4-17(26)5-3-14/h2-7,10,13,15-16,19,21,26H,8-9,11-12H2,1H3/t15-,16+,19?,21?. The minimum absolute atomic E-state index is 0.0258. The van der Waals surface area contributed by atoms with Crippen LogP contribution >= 0.6 is 0 Å². The first-order valence-electron chi connectivity index (χ1n) is 9.56. The molecule has 4 atom stereocenters. The van der Waals surface area contributed by atoms with Crippen LogP contribution in [0.1, 0.15) is 24.4 Å². The molecule has 2 unspecified atom stereocenters. The average molecular weight is 385 g/mol. The Balaban J connectivity index is 1.39. The lowest BCUT2D eigenvalue weighted by Crippen LogP contribution is -2.30. The van der Waals surface area contributed by atoms with E-state index in [1.54, 1.807) is 43.5 Å². The van der Waals surface area contributed by atoms with Gasteiger partial charge in [-0.2, -0.15) is 0 Å². The molecule has 1 saturated heterocycles. The quantitative estimate of drug-likeness (QED) is 0.771. The van der Waals surface area contributed by atoms with Crippen molar-refractivity contribution >= 4 is 6.29 Å². The first-order valence-corrected chi connectivity index (χ1v) is 9.56. The van der Waals surface area contributed by atoms with Crippen LogP contribution in [-0.2, 0) is 4.79 Å². The lowest BCUT2D eigenvalue weighted by atomic mass is 10.0. The van der Waals surface area contributed by atoms with E-state index in [4.69, 9.17) is 9.47 Å². The van der Waals surface area contributed by atoms with Gasteiger partial charge in [-0.15, -0.1) is 0 Å². The van der Waals surface area contributed by atoms with Crippen molar-refractivity contribution in [1.82, 2.24) is 4.90 Å². The molecule has 0 bridgehead atoms. The molecule has 1 aliphatic heterocycles. The molecule has 6 heteroatoms. The zero-order chi connectivity index (χ0) is 19.7. The number of ether oxygens (including phenoxy) is 2. The van der Waals surface area contributed by atoms with Gasteiger partial charge in [0.25, 0.3) is 0 Å². The van der Waals surface area contributed by atoms with E-state index in [9.17, 15) is 14.3 Å². The van der Waals surface area contributed by atoms with Gasteiger partial charge in [0, 0.05) is 19.2 Å².